The van der Waals surface area contributed by atoms with Gasteiger partial charge in [0.25, 0.3) is 0 Å². The van der Waals surface area contributed by atoms with Crippen LogP contribution in [0.25, 0.3) is 0 Å². The van der Waals surface area contributed by atoms with Crippen LogP contribution >= 0.6 is 11.5 Å². The third kappa shape index (κ3) is 1.56. The van der Waals surface area contributed by atoms with E-state index in [4.69, 9.17) is 5.73 Å². The van der Waals surface area contributed by atoms with E-state index in [0.717, 1.165) is 17.1 Å². The van der Waals surface area contributed by atoms with Crippen molar-refractivity contribution in [2.75, 3.05) is 0 Å². The van der Waals surface area contributed by atoms with Gasteiger partial charge < -0.3 is 5.73 Å². The van der Waals surface area contributed by atoms with E-state index in [-0.39, 0.29) is 6.04 Å². The van der Waals surface area contributed by atoms with E-state index in [1.54, 1.807) is 0 Å². The maximum Gasteiger partial charge on any atom is 0.0929 e. The predicted octanol–water partition coefficient (Wildman–Crippen LogP) is 1.23. The standard InChI is InChI=1S/C9H12N4S/c1-6-5-8(11-13(6)2)9(10)7-3-4-14-12-7/h3-5,9H,10H2,1-2H3. The molecule has 14 heavy (non-hydrogen) atoms. The molecule has 0 aliphatic heterocycles. The van der Waals surface area contributed by atoms with Crippen LogP contribution in [-0.4, -0.2) is 14.2 Å². The molecule has 2 aromatic heterocycles. The Bertz CT molecular complexity index is 398. The molecule has 2 aromatic rings. The van der Waals surface area contributed by atoms with E-state index in [2.05, 4.69) is 9.47 Å². The number of aryl methyl sites for hydroxylation is 2. The molecule has 2 rings (SSSR count). The fourth-order valence-electron chi connectivity index (χ4n) is 1.27. The van der Waals surface area contributed by atoms with Crippen LogP contribution in [-0.2, 0) is 7.05 Å². The van der Waals surface area contributed by atoms with Gasteiger partial charge in [0.1, 0.15) is 0 Å². The second-order valence-corrected chi connectivity index (χ2v) is 3.90. The minimum atomic E-state index is -0.207. The van der Waals surface area contributed by atoms with Crippen molar-refractivity contribution in [3.63, 3.8) is 0 Å². The van der Waals surface area contributed by atoms with Gasteiger partial charge in [-0.1, -0.05) is 0 Å². The highest BCUT2D eigenvalue weighted by Crippen LogP contribution is 2.18. The highest BCUT2D eigenvalue weighted by atomic mass is 32.1. The molecule has 74 valence electrons. The van der Waals surface area contributed by atoms with Crippen LogP contribution in [0.15, 0.2) is 17.5 Å². The van der Waals surface area contributed by atoms with Gasteiger partial charge in [0, 0.05) is 18.1 Å². The van der Waals surface area contributed by atoms with Gasteiger partial charge in [0.05, 0.1) is 17.4 Å². The van der Waals surface area contributed by atoms with Crippen LogP contribution in [0, 0.1) is 6.92 Å². The minimum absolute atomic E-state index is 0.207. The first kappa shape index (κ1) is 9.36. The molecule has 0 bridgehead atoms. The molecule has 5 heteroatoms. The third-order valence-electron chi connectivity index (χ3n) is 2.23. The zero-order valence-electron chi connectivity index (χ0n) is 8.14. The van der Waals surface area contributed by atoms with Crippen molar-refractivity contribution < 1.29 is 0 Å². The molecule has 0 amide bonds. The van der Waals surface area contributed by atoms with Crippen molar-refractivity contribution in [3.05, 3.63) is 34.6 Å². The van der Waals surface area contributed by atoms with Crippen molar-refractivity contribution in [2.24, 2.45) is 12.8 Å². The Kier molecular flexibility index (Phi) is 2.35. The summed E-state index contributed by atoms with van der Waals surface area (Å²) in [6.45, 7) is 2.00. The summed E-state index contributed by atoms with van der Waals surface area (Å²) >= 11 is 1.41. The quantitative estimate of drug-likeness (QED) is 0.807. The van der Waals surface area contributed by atoms with Crippen LogP contribution in [0.3, 0.4) is 0 Å². The van der Waals surface area contributed by atoms with Crippen molar-refractivity contribution in [2.45, 2.75) is 13.0 Å². The Morgan fingerprint density at radius 3 is 2.79 bits per heavy atom. The second kappa shape index (κ2) is 3.51. The molecule has 0 aliphatic carbocycles. The SMILES string of the molecule is Cc1cc(C(N)c2ccsn2)nn1C. The first-order valence-corrected chi connectivity index (χ1v) is 5.18. The van der Waals surface area contributed by atoms with Gasteiger partial charge in [0.2, 0.25) is 0 Å². The van der Waals surface area contributed by atoms with E-state index in [0.29, 0.717) is 0 Å². The summed E-state index contributed by atoms with van der Waals surface area (Å²) < 4.78 is 6.02. The van der Waals surface area contributed by atoms with Crippen LogP contribution < -0.4 is 5.73 Å². The molecule has 0 radical (unpaired) electrons. The van der Waals surface area contributed by atoms with Gasteiger partial charge >= 0.3 is 0 Å². The summed E-state index contributed by atoms with van der Waals surface area (Å²) in [7, 11) is 1.91. The minimum Gasteiger partial charge on any atom is -0.318 e. The molecular weight excluding hydrogens is 196 g/mol. The first-order valence-electron chi connectivity index (χ1n) is 4.35. The molecule has 1 unspecified atom stereocenters. The molecule has 0 aromatic carbocycles. The normalized spacial score (nSPS) is 13.1. The lowest BCUT2D eigenvalue weighted by Gasteiger charge is -2.03. The molecule has 4 nitrogen and oxygen atoms in total. The average Bonchev–Trinajstić information content (AvgIpc) is 2.76. The van der Waals surface area contributed by atoms with Crippen molar-refractivity contribution in [1.29, 1.82) is 0 Å². The summed E-state index contributed by atoms with van der Waals surface area (Å²) in [5, 5.41) is 6.24. The van der Waals surface area contributed by atoms with Crippen LogP contribution in [0.2, 0.25) is 0 Å². The maximum absolute atomic E-state index is 6.01. The van der Waals surface area contributed by atoms with E-state index in [1.807, 2.05) is 36.2 Å². The average molecular weight is 208 g/mol. The molecule has 2 N–H and O–H groups in total. The Morgan fingerprint density at radius 1 is 1.50 bits per heavy atom. The van der Waals surface area contributed by atoms with Crippen LogP contribution in [0.4, 0.5) is 0 Å². The number of hydrogen-bond acceptors (Lipinski definition) is 4. The zero-order valence-corrected chi connectivity index (χ0v) is 8.95. The number of rotatable bonds is 2. The summed E-state index contributed by atoms with van der Waals surface area (Å²) in [4.78, 5) is 0. The number of aromatic nitrogens is 3. The summed E-state index contributed by atoms with van der Waals surface area (Å²) in [5.74, 6) is 0. The summed E-state index contributed by atoms with van der Waals surface area (Å²) in [5.41, 5.74) is 8.87. The highest BCUT2D eigenvalue weighted by Gasteiger charge is 2.14. The third-order valence-corrected chi connectivity index (χ3v) is 2.80. The first-order chi connectivity index (χ1) is 6.68. The Balaban J connectivity index is 2.32. The Morgan fingerprint density at radius 2 is 2.29 bits per heavy atom. The summed E-state index contributed by atoms with van der Waals surface area (Å²) in [6.07, 6.45) is 0. The van der Waals surface area contributed by atoms with E-state index in [1.165, 1.54) is 11.5 Å². The number of nitrogens with two attached hydrogens (primary N) is 1. The topological polar surface area (TPSA) is 56.7 Å². The number of hydrogen-bond donors (Lipinski definition) is 1. The lowest BCUT2D eigenvalue weighted by atomic mass is 10.1. The molecule has 0 fully saturated rings. The lowest BCUT2D eigenvalue weighted by molar-refractivity contribution is 0.696. The molecule has 0 spiro atoms. The largest absolute Gasteiger partial charge is 0.318 e. The van der Waals surface area contributed by atoms with E-state index in [9.17, 15) is 0 Å². The van der Waals surface area contributed by atoms with Gasteiger partial charge in [-0.15, -0.1) is 0 Å². The van der Waals surface area contributed by atoms with E-state index >= 15 is 0 Å². The zero-order chi connectivity index (χ0) is 10.1. The van der Waals surface area contributed by atoms with Gasteiger partial charge in [-0.3, -0.25) is 4.68 Å². The van der Waals surface area contributed by atoms with Crippen molar-refractivity contribution in [3.8, 4) is 0 Å². The predicted molar refractivity (Wildman–Crippen MR) is 56.1 cm³/mol. The smallest absolute Gasteiger partial charge is 0.0929 e. The highest BCUT2D eigenvalue weighted by molar-refractivity contribution is 7.03. The Labute approximate surface area is 86.5 Å². The van der Waals surface area contributed by atoms with Gasteiger partial charge in [-0.05, 0) is 30.6 Å². The molecular formula is C9H12N4S. The Hall–Kier alpha value is -1.20. The van der Waals surface area contributed by atoms with Crippen LogP contribution in [0.1, 0.15) is 23.1 Å². The van der Waals surface area contributed by atoms with Gasteiger partial charge in [-0.25, -0.2) is 0 Å². The van der Waals surface area contributed by atoms with Crippen molar-refractivity contribution >= 4 is 11.5 Å². The molecule has 2 heterocycles. The molecule has 1 atom stereocenters. The van der Waals surface area contributed by atoms with Crippen molar-refractivity contribution in [1.82, 2.24) is 14.2 Å². The fraction of sp³-hybridized carbons (Fsp3) is 0.333. The second-order valence-electron chi connectivity index (χ2n) is 3.24. The summed E-state index contributed by atoms with van der Waals surface area (Å²) in [6, 6.07) is 3.71. The van der Waals surface area contributed by atoms with E-state index < -0.39 is 0 Å². The molecule has 0 saturated heterocycles. The fourth-order valence-corrected chi connectivity index (χ4v) is 1.83. The number of nitrogens with zero attached hydrogens (tertiary/aromatic N) is 3. The monoisotopic (exact) mass is 208 g/mol. The van der Waals surface area contributed by atoms with Gasteiger partial charge in [-0.2, -0.15) is 9.47 Å². The maximum atomic E-state index is 6.01. The van der Waals surface area contributed by atoms with Crippen LogP contribution in [0.5, 0.6) is 0 Å². The molecule has 0 aliphatic rings. The molecule has 0 saturated carbocycles. The van der Waals surface area contributed by atoms with Gasteiger partial charge in [0.15, 0.2) is 0 Å². The lowest BCUT2D eigenvalue weighted by Crippen LogP contribution is -2.13.